The molecular weight excluding hydrogens is 297 g/mol. The van der Waals surface area contributed by atoms with Crippen LogP contribution in [0, 0.1) is 0 Å². The molecule has 0 fully saturated rings. The van der Waals surface area contributed by atoms with Gasteiger partial charge in [-0.05, 0) is 48.6 Å². The van der Waals surface area contributed by atoms with Gasteiger partial charge in [0.15, 0.2) is 0 Å². The van der Waals surface area contributed by atoms with E-state index in [0.29, 0.717) is 5.66 Å². The van der Waals surface area contributed by atoms with Crippen LogP contribution < -0.4 is 0 Å². The fourth-order valence-electron chi connectivity index (χ4n) is 3.90. The lowest BCUT2D eigenvalue weighted by atomic mass is 10.1. The molecule has 1 aliphatic carbocycles. The highest BCUT2D eigenvalue weighted by Gasteiger charge is 2.41. The molecule has 0 heterocycles. The van der Waals surface area contributed by atoms with E-state index in [1.165, 1.54) is 22.3 Å². The van der Waals surface area contributed by atoms with Crippen molar-refractivity contribution in [2.75, 3.05) is 13.1 Å². The number of fused-ring (bicyclic) bond motifs is 3. The van der Waals surface area contributed by atoms with Crippen molar-refractivity contribution in [2.24, 2.45) is 0 Å². The Kier molecular flexibility index (Phi) is 4.63. The first-order valence-electron chi connectivity index (χ1n) is 8.71. The van der Waals surface area contributed by atoms with E-state index in [-0.39, 0.29) is 13.2 Å². The van der Waals surface area contributed by atoms with Gasteiger partial charge in [-0.15, -0.1) is 0 Å². The van der Waals surface area contributed by atoms with Crippen LogP contribution in [0.15, 0.2) is 48.5 Å². The number of nitrogens with zero attached hydrogens (tertiary/aromatic N) is 1. The highest BCUT2D eigenvalue weighted by atomic mass is 31.1. The van der Waals surface area contributed by atoms with E-state index in [9.17, 15) is 0 Å². The van der Waals surface area contributed by atoms with Crippen molar-refractivity contribution in [3.8, 4) is 11.1 Å². The van der Waals surface area contributed by atoms with E-state index < -0.39 is 0 Å². The van der Waals surface area contributed by atoms with Crippen molar-refractivity contribution in [1.82, 2.24) is 4.67 Å². The van der Waals surface area contributed by atoms with Gasteiger partial charge in [0, 0.05) is 5.66 Å². The summed E-state index contributed by atoms with van der Waals surface area (Å²) in [5, 5.41) is 0.288. The molecule has 3 rings (SSSR count). The van der Waals surface area contributed by atoms with E-state index in [4.69, 9.17) is 0 Å². The Morgan fingerprint density at radius 1 is 0.826 bits per heavy atom. The molecular formula is C21H28NP. The fourth-order valence-corrected chi connectivity index (χ4v) is 7.43. The predicted octanol–water partition coefficient (Wildman–Crippen LogP) is 6.29. The summed E-state index contributed by atoms with van der Waals surface area (Å²) in [7, 11) is -0.306. The van der Waals surface area contributed by atoms with E-state index >= 15 is 0 Å². The second kappa shape index (κ2) is 6.38. The van der Waals surface area contributed by atoms with Crippen molar-refractivity contribution in [3.05, 3.63) is 59.7 Å². The summed E-state index contributed by atoms with van der Waals surface area (Å²) in [6.07, 6.45) is 0. The van der Waals surface area contributed by atoms with E-state index in [0.717, 1.165) is 13.1 Å². The van der Waals surface area contributed by atoms with Crippen LogP contribution in [0.5, 0.6) is 0 Å². The molecule has 23 heavy (non-hydrogen) atoms. The van der Waals surface area contributed by atoms with Gasteiger partial charge in [0.25, 0.3) is 0 Å². The minimum atomic E-state index is -0.306. The SMILES string of the molecule is CCN(CC)P(C1c2ccccc2-c2ccccc21)C(C)(C)C. The summed E-state index contributed by atoms with van der Waals surface area (Å²) in [4.78, 5) is 0. The third-order valence-corrected chi connectivity index (χ3v) is 8.36. The lowest BCUT2D eigenvalue weighted by Gasteiger charge is -2.44. The molecule has 0 bridgehead atoms. The predicted molar refractivity (Wildman–Crippen MR) is 103 cm³/mol. The van der Waals surface area contributed by atoms with Crippen molar-refractivity contribution in [2.45, 2.75) is 45.4 Å². The molecule has 0 spiro atoms. The van der Waals surface area contributed by atoms with Crippen molar-refractivity contribution >= 4 is 8.07 Å². The van der Waals surface area contributed by atoms with Crippen LogP contribution in [0.4, 0.5) is 0 Å². The topological polar surface area (TPSA) is 3.24 Å². The maximum Gasteiger partial charge on any atom is 0.0441 e. The van der Waals surface area contributed by atoms with Gasteiger partial charge in [0.1, 0.15) is 0 Å². The monoisotopic (exact) mass is 325 g/mol. The number of rotatable bonds is 4. The molecule has 0 N–H and O–H groups in total. The van der Waals surface area contributed by atoms with E-state index in [1.54, 1.807) is 0 Å². The van der Waals surface area contributed by atoms with Crippen molar-refractivity contribution in [3.63, 3.8) is 0 Å². The first-order valence-corrected chi connectivity index (χ1v) is 10.1. The standard InChI is InChI=1S/C21H28NP/c1-6-22(7-2)23(21(3,4)5)20-18-14-10-8-12-16(18)17-13-9-11-15-19(17)20/h8-15,20H,6-7H2,1-5H3. The van der Waals surface area contributed by atoms with Gasteiger partial charge in [-0.3, -0.25) is 4.67 Å². The molecule has 0 radical (unpaired) electrons. The smallest absolute Gasteiger partial charge is 0.0441 e. The highest BCUT2D eigenvalue weighted by Crippen LogP contribution is 2.68. The minimum Gasteiger partial charge on any atom is -0.281 e. The Labute approximate surface area is 142 Å². The van der Waals surface area contributed by atoms with Crippen molar-refractivity contribution in [1.29, 1.82) is 0 Å². The Balaban J connectivity index is 2.20. The summed E-state index contributed by atoms with van der Waals surface area (Å²) in [6.45, 7) is 14.1. The number of benzene rings is 2. The summed E-state index contributed by atoms with van der Waals surface area (Å²) in [6, 6.07) is 18.1. The van der Waals surface area contributed by atoms with Crippen molar-refractivity contribution < 1.29 is 0 Å². The van der Waals surface area contributed by atoms with Crippen LogP contribution in [0.25, 0.3) is 11.1 Å². The number of hydrogen-bond donors (Lipinski definition) is 0. The Morgan fingerprint density at radius 3 is 1.65 bits per heavy atom. The summed E-state index contributed by atoms with van der Waals surface area (Å²) in [5.74, 6) is 0. The molecule has 122 valence electrons. The molecule has 2 aromatic carbocycles. The van der Waals surface area contributed by atoms with Crippen LogP contribution in [0.3, 0.4) is 0 Å². The van der Waals surface area contributed by atoms with Gasteiger partial charge in [0.05, 0.1) is 0 Å². The van der Waals surface area contributed by atoms with Gasteiger partial charge in [-0.25, -0.2) is 0 Å². The molecule has 1 nitrogen and oxygen atoms in total. The molecule has 0 aromatic heterocycles. The zero-order valence-electron chi connectivity index (χ0n) is 15.0. The first-order chi connectivity index (χ1) is 11.0. The molecule has 1 unspecified atom stereocenters. The van der Waals surface area contributed by atoms with Gasteiger partial charge < -0.3 is 0 Å². The average molecular weight is 325 g/mol. The fraction of sp³-hybridized carbons (Fsp3) is 0.429. The zero-order chi connectivity index (χ0) is 16.6. The molecule has 0 saturated heterocycles. The summed E-state index contributed by atoms with van der Waals surface area (Å²) in [5.41, 5.74) is 6.47. The normalized spacial score (nSPS) is 15.6. The van der Waals surface area contributed by atoms with Gasteiger partial charge in [-0.2, -0.15) is 0 Å². The van der Waals surface area contributed by atoms with Gasteiger partial charge >= 0.3 is 0 Å². The molecule has 2 heteroatoms. The van der Waals surface area contributed by atoms with Crippen LogP contribution in [-0.4, -0.2) is 22.9 Å². The van der Waals surface area contributed by atoms with Crippen LogP contribution in [0.2, 0.25) is 0 Å². The van der Waals surface area contributed by atoms with E-state index in [1.807, 2.05) is 0 Å². The summed E-state index contributed by atoms with van der Waals surface area (Å²) < 4.78 is 2.71. The van der Waals surface area contributed by atoms with E-state index in [2.05, 4.69) is 87.8 Å². The summed E-state index contributed by atoms with van der Waals surface area (Å²) >= 11 is 0. The lowest BCUT2D eigenvalue weighted by molar-refractivity contribution is 0.484. The minimum absolute atomic E-state index is 0.288. The first kappa shape index (κ1) is 16.7. The molecule has 0 saturated carbocycles. The highest BCUT2D eigenvalue weighted by molar-refractivity contribution is 7.57. The average Bonchev–Trinajstić information content (AvgIpc) is 2.86. The zero-order valence-corrected chi connectivity index (χ0v) is 15.9. The number of hydrogen-bond acceptors (Lipinski definition) is 1. The third-order valence-electron chi connectivity index (χ3n) is 4.77. The van der Waals surface area contributed by atoms with Crippen LogP contribution >= 0.6 is 8.07 Å². The molecule has 1 aliphatic rings. The molecule has 2 aromatic rings. The second-order valence-electron chi connectivity index (χ2n) is 7.23. The van der Waals surface area contributed by atoms with Crippen LogP contribution in [0.1, 0.15) is 51.4 Å². The Bertz CT molecular complexity index is 637. The van der Waals surface area contributed by atoms with Crippen LogP contribution in [-0.2, 0) is 0 Å². The lowest BCUT2D eigenvalue weighted by Crippen LogP contribution is -2.30. The molecule has 0 aliphatic heterocycles. The Hall–Kier alpha value is -1.17. The third kappa shape index (κ3) is 2.86. The quantitative estimate of drug-likeness (QED) is 0.597. The van der Waals surface area contributed by atoms with Gasteiger partial charge in [0.2, 0.25) is 0 Å². The Morgan fingerprint density at radius 2 is 1.26 bits per heavy atom. The molecule has 0 amide bonds. The largest absolute Gasteiger partial charge is 0.281 e. The molecule has 1 atom stereocenters. The van der Waals surface area contributed by atoms with Gasteiger partial charge in [-0.1, -0.05) is 83.1 Å². The second-order valence-corrected chi connectivity index (χ2v) is 10.3. The maximum absolute atomic E-state index is 2.71. The maximum atomic E-state index is 2.71.